The first-order valence-corrected chi connectivity index (χ1v) is 9.89. The number of hydrogen-bond acceptors (Lipinski definition) is 4. The summed E-state index contributed by atoms with van der Waals surface area (Å²) in [5.74, 6) is -0.191. The summed E-state index contributed by atoms with van der Waals surface area (Å²) < 4.78 is 71.2. The van der Waals surface area contributed by atoms with Crippen molar-refractivity contribution in [3.63, 3.8) is 0 Å². The molecule has 0 unspecified atom stereocenters. The van der Waals surface area contributed by atoms with Crippen LogP contribution in [-0.2, 0) is 22.1 Å². The predicted molar refractivity (Wildman–Crippen MR) is 97.6 cm³/mol. The summed E-state index contributed by atoms with van der Waals surface area (Å²) in [6.45, 7) is -1.46. The van der Waals surface area contributed by atoms with Crippen molar-refractivity contribution in [2.75, 3.05) is 7.11 Å². The minimum Gasteiger partial charge on any atom is -0.496 e. The zero-order chi connectivity index (χ0) is 20.4. The second-order valence-corrected chi connectivity index (χ2v) is 7.95. The monoisotopic (exact) mass is 410 g/mol. The Labute approximate surface area is 160 Å². The third-order valence-electron chi connectivity index (χ3n) is 4.04. The first-order chi connectivity index (χ1) is 13.2. The summed E-state index contributed by atoms with van der Waals surface area (Å²) in [7, 11) is -2.77. The molecule has 0 amide bonds. The second-order valence-electron chi connectivity index (χ2n) is 6.06. The quantitative estimate of drug-likeness (QED) is 0.614. The molecule has 28 heavy (non-hydrogen) atoms. The number of hydrogen-bond donors (Lipinski definition) is 0. The molecule has 0 saturated carbocycles. The number of halogens is 3. The van der Waals surface area contributed by atoms with Crippen LogP contribution in [0.3, 0.4) is 0 Å². The van der Waals surface area contributed by atoms with E-state index >= 15 is 0 Å². The first kappa shape index (κ1) is 19.9. The van der Waals surface area contributed by atoms with Crippen molar-refractivity contribution >= 4 is 9.84 Å². The van der Waals surface area contributed by atoms with Gasteiger partial charge in [0.1, 0.15) is 12.3 Å². The molecular formula is C19H17F3N2O3S. The highest BCUT2D eigenvalue weighted by atomic mass is 32.2. The van der Waals surface area contributed by atoms with Crippen molar-refractivity contribution in [1.82, 2.24) is 9.55 Å². The lowest BCUT2D eigenvalue weighted by molar-refractivity contribution is -0.141. The van der Waals surface area contributed by atoms with Crippen molar-refractivity contribution in [2.24, 2.45) is 0 Å². The summed E-state index contributed by atoms with van der Waals surface area (Å²) in [5, 5.41) is -0.630. The van der Waals surface area contributed by atoms with Gasteiger partial charge in [0.05, 0.1) is 24.8 Å². The molecule has 0 N–H and O–H groups in total. The van der Waals surface area contributed by atoms with Crippen LogP contribution < -0.4 is 4.74 Å². The number of methoxy groups -OCH3 is 1. The van der Waals surface area contributed by atoms with Gasteiger partial charge in [-0.25, -0.2) is 13.4 Å². The van der Waals surface area contributed by atoms with Gasteiger partial charge in [-0.15, -0.1) is 0 Å². The smallest absolute Gasteiger partial charge is 0.406 e. The molecule has 0 aliphatic heterocycles. The third kappa shape index (κ3) is 4.36. The van der Waals surface area contributed by atoms with E-state index in [9.17, 15) is 21.6 Å². The van der Waals surface area contributed by atoms with Gasteiger partial charge in [0, 0.05) is 5.56 Å². The molecule has 0 saturated heterocycles. The van der Waals surface area contributed by atoms with E-state index in [0.717, 1.165) is 6.20 Å². The molecule has 0 spiro atoms. The van der Waals surface area contributed by atoms with Gasteiger partial charge in [0.25, 0.3) is 0 Å². The van der Waals surface area contributed by atoms with E-state index < -0.39 is 33.5 Å². The van der Waals surface area contributed by atoms with Gasteiger partial charge >= 0.3 is 6.18 Å². The Hall–Kier alpha value is -2.81. The molecule has 0 fully saturated rings. The van der Waals surface area contributed by atoms with Crippen LogP contribution in [0.1, 0.15) is 5.56 Å². The Morgan fingerprint density at radius 2 is 1.68 bits per heavy atom. The molecule has 5 nitrogen and oxygen atoms in total. The van der Waals surface area contributed by atoms with Crippen molar-refractivity contribution in [2.45, 2.75) is 23.6 Å². The van der Waals surface area contributed by atoms with E-state index in [1.165, 1.54) is 7.11 Å². The number of rotatable bonds is 6. The number of para-hydroxylation sites is 1. The highest BCUT2D eigenvalue weighted by molar-refractivity contribution is 7.90. The molecule has 0 bridgehead atoms. The fraction of sp³-hybridized carbons (Fsp3) is 0.211. The summed E-state index contributed by atoms with van der Waals surface area (Å²) >= 11 is 0. The molecule has 0 aliphatic carbocycles. The lowest BCUT2D eigenvalue weighted by Crippen LogP contribution is -2.22. The highest BCUT2D eigenvalue weighted by Crippen LogP contribution is 2.30. The Morgan fingerprint density at radius 1 is 1.04 bits per heavy atom. The highest BCUT2D eigenvalue weighted by Gasteiger charge is 2.34. The Balaban J connectivity index is 2.09. The maximum absolute atomic E-state index is 13.2. The van der Waals surface area contributed by atoms with Gasteiger partial charge in [-0.05, 0) is 11.6 Å². The summed E-state index contributed by atoms with van der Waals surface area (Å²) in [5.41, 5.74) is 0.863. The van der Waals surface area contributed by atoms with Crippen LogP contribution in [0, 0.1) is 0 Å². The fourth-order valence-corrected chi connectivity index (χ4v) is 4.36. The molecule has 9 heteroatoms. The van der Waals surface area contributed by atoms with Gasteiger partial charge in [-0.1, -0.05) is 48.5 Å². The second kappa shape index (κ2) is 7.67. The molecule has 3 rings (SSSR count). The van der Waals surface area contributed by atoms with Gasteiger partial charge in [-0.3, -0.25) is 0 Å². The van der Waals surface area contributed by atoms with Crippen molar-refractivity contribution in [1.29, 1.82) is 0 Å². The SMILES string of the molecule is COc1ccccc1CS(=O)(=O)c1ncc(-c2ccccc2)n1CC(F)(F)F. The van der Waals surface area contributed by atoms with E-state index in [2.05, 4.69) is 4.98 Å². The minimum absolute atomic E-state index is 0.0801. The number of ether oxygens (including phenoxy) is 1. The first-order valence-electron chi connectivity index (χ1n) is 8.23. The summed E-state index contributed by atoms with van der Waals surface area (Å²) in [6.07, 6.45) is -3.46. The topological polar surface area (TPSA) is 61.2 Å². The molecular weight excluding hydrogens is 393 g/mol. The number of benzene rings is 2. The third-order valence-corrected chi connectivity index (χ3v) is 5.62. The van der Waals surface area contributed by atoms with Crippen LogP contribution in [0.25, 0.3) is 11.3 Å². The fourth-order valence-electron chi connectivity index (χ4n) is 2.87. The van der Waals surface area contributed by atoms with Gasteiger partial charge in [0.2, 0.25) is 15.0 Å². The van der Waals surface area contributed by atoms with Crippen LogP contribution >= 0.6 is 0 Å². The Morgan fingerprint density at radius 3 is 2.32 bits per heavy atom. The maximum atomic E-state index is 13.2. The van der Waals surface area contributed by atoms with Crippen molar-refractivity contribution in [3.05, 3.63) is 66.4 Å². The Bertz CT molecular complexity index is 1060. The number of aromatic nitrogens is 2. The molecule has 1 aromatic heterocycles. The molecule has 148 valence electrons. The standard InChI is InChI=1S/C19H17F3N2O3S/c1-27-17-10-6-5-9-15(17)12-28(25,26)18-23-11-16(14-7-3-2-4-8-14)24(18)13-19(20,21)22/h2-11H,12-13H2,1H3. The van der Waals surface area contributed by atoms with E-state index in [0.29, 0.717) is 21.4 Å². The van der Waals surface area contributed by atoms with Crippen molar-refractivity contribution in [3.8, 4) is 17.0 Å². The normalized spacial score (nSPS) is 12.1. The molecule has 0 radical (unpaired) electrons. The molecule has 0 atom stereocenters. The average Bonchev–Trinajstić information content (AvgIpc) is 3.05. The Kier molecular flexibility index (Phi) is 5.46. The van der Waals surface area contributed by atoms with E-state index in [1.54, 1.807) is 54.6 Å². The van der Waals surface area contributed by atoms with Crippen LogP contribution in [0.5, 0.6) is 5.75 Å². The number of nitrogens with zero attached hydrogens (tertiary/aromatic N) is 2. The van der Waals surface area contributed by atoms with Gasteiger partial charge in [0.15, 0.2) is 0 Å². The van der Waals surface area contributed by atoms with Crippen LogP contribution in [0.4, 0.5) is 13.2 Å². The number of imidazole rings is 1. The van der Waals surface area contributed by atoms with Crippen molar-refractivity contribution < 1.29 is 26.3 Å². The van der Waals surface area contributed by atoms with Crippen LogP contribution in [0.2, 0.25) is 0 Å². The zero-order valence-corrected chi connectivity index (χ0v) is 15.7. The molecule has 0 aliphatic rings. The summed E-state index contributed by atoms with van der Waals surface area (Å²) in [4.78, 5) is 3.83. The maximum Gasteiger partial charge on any atom is 0.406 e. The van der Waals surface area contributed by atoms with Crippen LogP contribution in [-0.4, -0.2) is 31.3 Å². The largest absolute Gasteiger partial charge is 0.496 e. The van der Waals surface area contributed by atoms with Crippen LogP contribution in [0.15, 0.2) is 66.0 Å². The number of sulfone groups is 1. The number of alkyl halides is 3. The predicted octanol–water partition coefficient (Wildman–Crippen LogP) is 4.09. The van der Waals surface area contributed by atoms with E-state index in [1.807, 2.05) is 0 Å². The molecule has 1 heterocycles. The van der Waals surface area contributed by atoms with E-state index in [4.69, 9.17) is 4.74 Å². The minimum atomic E-state index is -4.61. The van der Waals surface area contributed by atoms with Gasteiger partial charge < -0.3 is 9.30 Å². The lowest BCUT2D eigenvalue weighted by atomic mass is 10.2. The lowest BCUT2D eigenvalue weighted by Gasteiger charge is -2.15. The van der Waals surface area contributed by atoms with E-state index in [-0.39, 0.29) is 5.69 Å². The average molecular weight is 410 g/mol. The molecule has 3 aromatic rings. The van der Waals surface area contributed by atoms with Gasteiger partial charge in [-0.2, -0.15) is 13.2 Å². The summed E-state index contributed by atoms with van der Waals surface area (Å²) in [6, 6.07) is 14.7. The molecule has 2 aromatic carbocycles. The zero-order valence-electron chi connectivity index (χ0n) is 14.8.